The predicted octanol–water partition coefficient (Wildman–Crippen LogP) is 2.28. The average molecular weight is 509 g/mol. The molecule has 3 N–H and O–H groups in total. The second kappa shape index (κ2) is 13.9. The molecule has 8 nitrogen and oxygen atoms in total. The molecule has 0 unspecified atom stereocenters. The lowest BCUT2D eigenvalue weighted by molar-refractivity contribution is -0.142. The minimum atomic E-state index is -0.740. The lowest BCUT2D eigenvalue weighted by atomic mass is 10.0. The van der Waals surface area contributed by atoms with Crippen molar-refractivity contribution in [3.63, 3.8) is 0 Å². The van der Waals surface area contributed by atoms with E-state index in [0.29, 0.717) is 32.5 Å². The summed E-state index contributed by atoms with van der Waals surface area (Å²) in [7, 11) is 1.70. The highest BCUT2D eigenvalue weighted by molar-refractivity contribution is 5.93. The summed E-state index contributed by atoms with van der Waals surface area (Å²) in [5.74, 6) is -0.866. The Bertz CT molecular complexity index is 1020. The fraction of sp³-hybridized carbons (Fsp3) is 0.483. The van der Waals surface area contributed by atoms with Crippen molar-refractivity contribution in [2.75, 3.05) is 20.1 Å². The van der Waals surface area contributed by atoms with Gasteiger partial charge >= 0.3 is 0 Å². The normalized spacial score (nSPS) is 18.9. The van der Waals surface area contributed by atoms with Crippen LogP contribution in [0.3, 0.4) is 0 Å². The lowest BCUT2D eigenvalue weighted by Gasteiger charge is -2.31. The fourth-order valence-electron chi connectivity index (χ4n) is 4.39. The van der Waals surface area contributed by atoms with Crippen LogP contribution in [-0.4, -0.2) is 67.0 Å². The van der Waals surface area contributed by atoms with E-state index < -0.39 is 18.1 Å². The molecule has 0 bridgehead atoms. The van der Waals surface area contributed by atoms with Gasteiger partial charge in [-0.05, 0) is 37.4 Å². The van der Waals surface area contributed by atoms with Gasteiger partial charge in [0.25, 0.3) is 0 Å². The van der Waals surface area contributed by atoms with Crippen molar-refractivity contribution >= 4 is 17.7 Å². The number of nitrogens with one attached hydrogen (secondary N) is 3. The van der Waals surface area contributed by atoms with Crippen LogP contribution in [0.4, 0.5) is 0 Å². The first-order valence-electron chi connectivity index (χ1n) is 13.1. The van der Waals surface area contributed by atoms with Gasteiger partial charge in [0, 0.05) is 19.5 Å². The maximum absolute atomic E-state index is 13.7. The van der Waals surface area contributed by atoms with Gasteiger partial charge in [0.2, 0.25) is 17.7 Å². The maximum Gasteiger partial charge on any atom is 0.246 e. The summed E-state index contributed by atoms with van der Waals surface area (Å²) in [6, 6.07) is 17.9. The van der Waals surface area contributed by atoms with E-state index in [2.05, 4.69) is 16.0 Å². The van der Waals surface area contributed by atoms with Crippen LogP contribution in [0.25, 0.3) is 0 Å². The third kappa shape index (κ3) is 8.13. The van der Waals surface area contributed by atoms with E-state index in [0.717, 1.165) is 11.1 Å². The largest absolute Gasteiger partial charge is 0.372 e. The van der Waals surface area contributed by atoms with Gasteiger partial charge in [0.15, 0.2) is 0 Å². The van der Waals surface area contributed by atoms with E-state index in [1.165, 1.54) is 0 Å². The number of hydrogen-bond acceptors (Lipinski definition) is 5. The molecule has 37 heavy (non-hydrogen) atoms. The van der Waals surface area contributed by atoms with Crippen LogP contribution < -0.4 is 16.0 Å². The van der Waals surface area contributed by atoms with E-state index >= 15 is 0 Å². The highest BCUT2D eigenvalue weighted by Gasteiger charge is 2.43. The predicted molar refractivity (Wildman–Crippen MR) is 144 cm³/mol. The molecular formula is C29H40N4O4. The van der Waals surface area contributed by atoms with Gasteiger partial charge in [-0.2, -0.15) is 0 Å². The molecule has 2 aromatic carbocycles. The number of hydrogen-bond donors (Lipinski definition) is 3. The number of benzene rings is 2. The van der Waals surface area contributed by atoms with Crippen LogP contribution in [0.1, 0.15) is 38.3 Å². The second-order valence-corrected chi connectivity index (χ2v) is 9.93. The van der Waals surface area contributed by atoms with Crippen molar-refractivity contribution < 1.29 is 19.1 Å². The molecule has 3 amide bonds. The molecule has 0 aliphatic carbocycles. The molecule has 0 spiro atoms. The topological polar surface area (TPSA) is 99.8 Å². The van der Waals surface area contributed by atoms with E-state index in [-0.39, 0.29) is 29.7 Å². The summed E-state index contributed by atoms with van der Waals surface area (Å²) in [6.45, 7) is 6.69. The van der Waals surface area contributed by atoms with Crippen LogP contribution in [0, 0.1) is 5.92 Å². The van der Waals surface area contributed by atoms with E-state index in [4.69, 9.17) is 4.74 Å². The second-order valence-electron chi connectivity index (χ2n) is 9.93. The van der Waals surface area contributed by atoms with Gasteiger partial charge < -0.3 is 25.6 Å². The fourth-order valence-corrected chi connectivity index (χ4v) is 4.39. The van der Waals surface area contributed by atoms with Crippen molar-refractivity contribution in [2.45, 2.75) is 64.4 Å². The smallest absolute Gasteiger partial charge is 0.246 e. The summed E-state index contributed by atoms with van der Waals surface area (Å²) in [6.07, 6.45) is 0.823. The SMILES string of the molecule is CN[C@@H](C)C(=O)N[C@H](C(=O)N1C[C@@H](OCc2ccccc2)C[C@H]1C(=O)NCCc1ccccc1)C(C)C. The molecule has 1 saturated heterocycles. The lowest BCUT2D eigenvalue weighted by Crippen LogP contribution is -2.57. The highest BCUT2D eigenvalue weighted by atomic mass is 16.5. The molecule has 1 heterocycles. The minimum absolute atomic E-state index is 0.147. The summed E-state index contributed by atoms with van der Waals surface area (Å²) in [5.41, 5.74) is 2.16. The molecular weight excluding hydrogens is 468 g/mol. The van der Waals surface area contributed by atoms with Crippen molar-refractivity contribution in [2.24, 2.45) is 5.92 Å². The zero-order chi connectivity index (χ0) is 26.8. The standard InChI is InChI=1S/C29H40N4O4/c1-20(2)26(32-27(34)21(3)30-4)29(36)33-18-24(37-19-23-13-9-6-10-14-23)17-25(33)28(35)31-16-15-22-11-7-5-8-12-22/h5-14,20-21,24-26,30H,15-19H2,1-4H3,(H,31,35)(H,32,34)/t21-,24-,25-,26-/m0/s1. The van der Waals surface area contributed by atoms with Crippen LogP contribution in [-0.2, 0) is 32.1 Å². The number of rotatable bonds is 12. The van der Waals surface area contributed by atoms with Gasteiger partial charge in [0.05, 0.1) is 18.8 Å². The molecule has 1 aliphatic heterocycles. The van der Waals surface area contributed by atoms with Crippen molar-refractivity contribution in [3.8, 4) is 0 Å². The first-order chi connectivity index (χ1) is 17.8. The number of amides is 3. The van der Waals surface area contributed by atoms with Crippen molar-refractivity contribution in [1.29, 1.82) is 0 Å². The summed E-state index contributed by atoms with van der Waals surface area (Å²) in [5, 5.41) is 8.78. The average Bonchev–Trinajstić information content (AvgIpc) is 3.35. The highest BCUT2D eigenvalue weighted by Crippen LogP contribution is 2.24. The first kappa shape index (κ1) is 28.3. The Morgan fingerprint density at radius 3 is 2.19 bits per heavy atom. The van der Waals surface area contributed by atoms with Crippen LogP contribution in [0.15, 0.2) is 60.7 Å². The molecule has 2 aromatic rings. The molecule has 8 heteroatoms. The Hall–Kier alpha value is -3.23. The Kier molecular flexibility index (Phi) is 10.7. The Morgan fingerprint density at radius 1 is 0.973 bits per heavy atom. The number of likely N-dealkylation sites (tertiary alicyclic amines) is 1. The Labute approximate surface area is 220 Å². The molecule has 0 radical (unpaired) electrons. The summed E-state index contributed by atoms with van der Waals surface area (Å²) in [4.78, 5) is 41.2. The van der Waals surface area contributed by atoms with Crippen molar-refractivity contribution in [1.82, 2.24) is 20.9 Å². The molecule has 3 rings (SSSR count). The zero-order valence-electron chi connectivity index (χ0n) is 22.3. The number of ether oxygens (including phenoxy) is 1. The first-order valence-corrected chi connectivity index (χ1v) is 13.1. The zero-order valence-corrected chi connectivity index (χ0v) is 22.3. The molecule has 1 aliphatic rings. The monoisotopic (exact) mass is 508 g/mol. The third-order valence-corrected chi connectivity index (χ3v) is 6.79. The van der Waals surface area contributed by atoms with Crippen molar-refractivity contribution in [3.05, 3.63) is 71.8 Å². The third-order valence-electron chi connectivity index (χ3n) is 6.79. The quantitative estimate of drug-likeness (QED) is 0.409. The van der Waals surface area contributed by atoms with Gasteiger partial charge in [-0.15, -0.1) is 0 Å². The van der Waals surface area contributed by atoms with Crippen LogP contribution in [0.2, 0.25) is 0 Å². The number of carbonyl (C=O) groups is 3. The molecule has 4 atom stereocenters. The van der Waals surface area contributed by atoms with Crippen LogP contribution in [0.5, 0.6) is 0 Å². The number of carbonyl (C=O) groups excluding carboxylic acids is 3. The van der Waals surface area contributed by atoms with E-state index in [1.807, 2.05) is 74.5 Å². The Morgan fingerprint density at radius 2 is 1.59 bits per heavy atom. The van der Waals surface area contributed by atoms with Gasteiger partial charge in [0.1, 0.15) is 12.1 Å². The van der Waals surface area contributed by atoms with Gasteiger partial charge in [-0.3, -0.25) is 14.4 Å². The van der Waals surface area contributed by atoms with E-state index in [1.54, 1.807) is 18.9 Å². The molecule has 0 saturated carbocycles. The Balaban J connectivity index is 1.71. The van der Waals surface area contributed by atoms with Crippen LogP contribution >= 0.6 is 0 Å². The number of nitrogens with zero attached hydrogens (tertiary/aromatic N) is 1. The molecule has 1 fully saturated rings. The van der Waals surface area contributed by atoms with Gasteiger partial charge in [-0.25, -0.2) is 0 Å². The minimum Gasteiger partial charge on any atom is -0.372 e. The molecule has 0 aromatic heterocycles. The van der Waals surface area contributed by atoms with E-state index in [9.17, 15) is 14.4 Å². The number of likely N-dealkylation sites (N-methyl/N-ethyl adjacent to an activating group) is 1. The maximum atomic E-state index is 13.7. The summed E-state index contributed by atoms with van der Waals surface area (Å²) < 4.78 is 6.13. The summed E-state index contributed by atoms with van der Waals surface area (Å²) >= 11 is 0. The molecule has 200 valence electrons. The van der Waals surface area contributed by atoms with Gasteiger partial charge in [-0.1, -0.05) is 74.5 Å².